The Labute approximate surface area is 277 Å². The Kier molecular flexibility index (Phi) is 11.0. The van der Waals surface area contributed by atoms with Gasteiger partial charge < -0.3 is 25.0 Å². The second-order valence-electron chi connectivity index (χ2n) is 10.8. The second-order valence-corrected chi connectivity index (χ2v) is 12.4. The highest BCUT2D eigenvalue weighted by Crippen LogP contribution is 2.35. The maximum atomic E-state index is 13.7. The summed E-state index contributed by atoms with van der Waals surface area (Å²) in [6, 6.07) is 18.4. The van der Waals surface area contributed by atoms with Gasteiger partial charge >= 0.3 is 0 Å². The minimum absolute atomic E-state index is 0.0105. The molecule has 2 atom stereocenters. The molecule has 3 aromatic carbocycles. The van der Waals surface area contributed by atoms with E-state index in [0.29, 0.717) is 58.2 Å². The van der Waals surface area contributed by atoms with Crippen molar-refractivity contribution in [3.05, 3.63) is 97.5 Å². The summed E-state index contributed by atoms with van der Waals surface area (Å²) in [6.07, 6.45) is 2.15. The predicted molar refractivity (Wildman–Crippen MR) is 176 cm³/mol. The van der Waals surface area contributed by atoms with Gasteiger partial charge in [0.2, 0.25) is 11.8 Å². The van der Waals surface area contributed by atoms with Crippen LogP contribution in [0.15, 0.2) is 66.2 Å². The van der Waals surface area contributed by atoms with Crippen molar-refractivity contribution < 1.29 is 19.1 Å². The van der Waals surface area contributed by atoms with Crippen molar-refractivity contribution in [2.75, 3.05) is 32.8 Å². The van der Waals surface area contributed by atoms with Crippen molar-refractivity contribution in [1.29, 1.82) is 0 Å². The zero-order valence-electron chi connectivity index (χ0n) is 24.2. The number of carbonyl (C=O) groups excluding carboxylic acids is 2. The molecule has 5 rings (SSSR count). The zero-order chi connectivity index (χ0) is 31.2. The third-order valence-corrected chi connectivity index (χ3v) is 9.13. The summed E-state index contributed by atoms with van der Waals surface area (Å²) in [5, 5.41) is 8.50. The van der Waals surface area contributed by atoms with Crippen LogP contribution in [-0.2, 0) is 16.0 Å². The zero-order valence-corrected chi connectivity index (χ0v) is 27.2. The molecule has 2 heterocycles. The molecule has 1 saturated heterocycles. The number of amides is 2. The molecular formula is C33H33Cl4N3O4. The fraction of sp³-hybridized carbons (Fsp3) is 0.333. The van der Waals surface area contributed by atoms with Crippen LogP contribution in [0.5, 0.6) is 11.5 Å². The lowest BCUT2D eigenvalue weighted by atomic mass is 9.83. The number of aryl methyl sites for hydroxylation is 1. The Morgan fingerprint density at radius 2 is 1.64 bits per heavy atom. The molecule has 0 saturated carbocycles. The minimum atomic E-state index is -0.258. The molecule has 0 radical (unpaired) electrons. The second kappa shape index (κ2) is 14.9. The molecule has 2 aliphatic rings. The molecule has 0 aromatic heterocycles. The molecule has 3 aromatic rings. The summed E-state index contributed by atoms with van der Waals surface area (Å²) in [4.78, 5) is 27.7. The van der Waals surface area contributed by atoms with E-state index in [9.17, 15) is 9.59 Å². The largest absolute Gasteiger partial charge is 0.490 e. The molecule has 0 aliphatic carbocycles. The Morgan fingerprint density at radius 3 is 2.39 bits per heavy atom. The number of hydrogen-bond donors (Lipinski definition) is 2. The van der Waals surface area contributed by atoms with E-state index >= 15 is 0 Å². The summed E-state index contributed by atoms with van der Waals surface area (Å²) < 4.78 is 11.6. The lowest BCUT2D eigenvalue weighted by Crippen LogP contribution is -2.61. The first-order valence-electron chi connectivity index (χ1n) is 14.5. The molecule has 2 amide bonds. The minimum Gasteiger partial charge on any atom is -0.490 e. The Hall–Kier alpha value is -2.94. The summed E-state index contributed by atoms with van der Waals surface area (Å²) in [5.74, 6) is 0.984. The Bertz CT molecular complexity index is 1550. The molecular weight excluding hydrogens is 644 g/mol. The first-order chi connectivity index (χ1) is 21.2. The monoisotopic (exact) mass is 675 g/mol. The van der Waals surface area contributed by atoms with Crippen molar-refractivity contribution in [3.63, 3.8) is 0 Å². The number of halogens is 4. The highest BCUT2D eigenvalue weighted by Gasteiger charge is 2.39. The van der Waals surface area contributed by atoms with Gasteiger partial charge in [-0.2, -0.15) is 0 Å². The molecule has 7 nitrogen and oxygen atoms in total. The highest BCUT2D eigenvalue weighted by molar-refractivity contribution is 6.43. The van der Waals surface area contributed by atoms with E-state index in [0.717, 1.165) is 34.6 Å². The van der Waals surface area contributed by atoms with E-state index in [2.05, 4.69) is 10.6 Å². The number of benzene rings is 3. The predicted octanol–water partition coefficient (Wildman–Crippen LogP) is 6.85. The molecule has 1 fully saturated rings. The van der Waals surface area contributed by atoms with E-state index in [-0.39, 0.29) is 37.1 Å². The quantitative estimate of drug-likeness (QED) is 0.172. The Morgan fingerprint density at radius 1 is 0.909 bits per heavy atom. The molecule has 2 aliphatic heterocycles. The van der Waals surface area contributed by atoms with E-state index in [4.69, 9.17) is 55.9 Å². The van der Waals surface area contributed by atoms with E-state index < -0.39 is 0 Å². The number of rotatable bonds is 11. The van der Waals surface area contributed by atoms with Crippen LogP contribution in [0.3, 0.4) is 0 Å². The normalized spacial score (nSPS) is 17.8. The van der Waals surface area contributed by atoms with Crippen molar-refractivity contribution in [2.24, 2.45) is 0 Å². The topological polar surface area (TPSA) is 79.9 Å². The SMILES string of the molecule is CC(=O)N1C[C@H]2CC(c3ccc(OCCOc4cc(Cl)c(Cl)cc4Cl)cc3)=C(C(=O)NCCCc3ccccc3Cl)[C@@H](C1)N2. The van der Waals surface area contributed by atoms with Crippen molar-refractivity contribution in [2.45, 2.75) is 38.3 Å². The van der Waals surface area contributed by atoms with Gasteiger partial charge in [0.1, 0.15) is 24.7 Å². The molecule has 44 heavy (non-hydrogen) atoms. The number of hydrogen-bond acceptors (Lipinski definition) is 5. The molecule has 0 unspecified atom stereocenters. The number of nitrogens with one attached hydrogen (secondary N) is 2. The van der Waals surface area contributed by atoms with Crippen LogP contribution in [0.25, 0.3) is 5.57 Å². The average molecular weight is 677 g/mol. The van der Waals surface area contributed by atoms with Gasteiger partial charge in [-0.1, -0.05) is 76.7 Å². The van der Waals surface area contributed by atoms with Gasteiger partial charge in [0, 0.05) is 49.3 Å². The fourth-order valence-electron chi connectivity index (χ4n) is 5.60. The number of ether oxygens (including phenoxy) is 2. The number of fused-ring (bicyclic) bond motifs is 2. The van der Waals surface area contributed by atoms with Crippen LogP contribution in [0.1, 0.15) is 30.9 Å². The first-order valence-corrected chi connectivity index (χ1v) is 16.0. The van der Waals surface area contributed by atoms with Gasteiger partial charge in [-0.25, -0.2) is 0 Å². The summed E-state index contributed by atoms with van der Waals surface area (Å²) in [6.45, 7) is 3.68. The highest BCUT2D eigenvalue weighted by atomic mass is 35.5. The number of nitrogens with zero attached hydrogens (tertiary/aromatic N) is 1. The fourth-order valence-corrected chi connectivity index (χ4v) is 6.42. The smallest absolute Gasteiger partial charge is 0.249 e. The van der Waals surface area contributed by atoms with Crippen LogP contribution in [-0.4, -0.2) is 61.6 Å². The van der Waals surface area contributed by atoms with E-state index in [1.54, 1.807) is 13.0 Å². The van der Waals surface area contributed by atoms with Crippen LogP contribution in [0, 0.1) is 0 Å². The molecule has 2 bridgehead atoms. The van der Waals surface area contributed by atoms with E-state index in [1.807, 2.05) is 53.4 Å². The van der Waals surface area contributed by atoms with Gasteiger partial charge in [-0.05, 0) is 60.2 Å². The lowest BCUT2D eigenvalue weighted by Gasteiger charge is -2.44. The van der Waals surface area contributed by atoms with Crippen molar-refractivity contribution >= 4 is 63.8 Å². The van der Waals surface area contributed by atoms with Crippen molar-refractivity contribution in [1.82, 2.24) is 15.5 Å². The first kappa shape index (κ1) is 32.5. The lowest BCUT2D eigenvalue weighted by molar-refractivity contribution is -0.131. The van der Waals surface area contributed by atoms with Crippen molar-refractivity contribution in [3.8, 4) is 11.5 Å². The Balaban J connectivity index is 1.25. The molecule has 11 heteroatoms. The third kappa shape index (κ3) is 8.01. The molecule has 232 valence electrons. The maximum absolute atomic E-state index is 13.7. The van der Waals surface area contributed by atoms with Gasteiger partial charge in [0.15, 0.2) is 0 Å². The summed E-state index contributed by atoms with van der Waals surface area (Å²) in [5.41, 5.74) is 3.66. The van der Waals surface area contributed by atoms with Gasteiger partial charge in [-0.15, -0.1) is 0 Å². The number of carbonyl (C=O) groups is 2. The van der Waals surface area contributed by atoms with Gasteiger partial charge in [0.05, 0.1) is 21.1 Å². The van der Waals surface area contributed by atoms with Gasteiger partial charge in [0.25, 0.3) is 0 Å². The third-order valence-electron chi connectivity index (χ3n) is 7.75. The van der Waals surface area contributed by atoms with Gasteiger partial charge in [-0.3, -0.25) is 9.59 Å². The average Bonchev–Trinajstić information content (AvgIpc) is 3.00. The van der Waals surface area contributed by atoms with E-state index in [1.165, 1.54) is 6.07 Å². The molecule has 0 spiro atoms. The summed E-state index contributed by atoms with van der Waals surface area (Å²) >= 11 is 24.5. The summed E-state index contributed by atoms with van der Waals surface area (Å²) in [7, 11) is 0. The van der Waals surface area contributed by atoms with Crippen LogP contribution >= 0.6 is 46.4 Å². The van der Waals surface area contributed by atoms with Crippen LogP contribution in [0.2, 0.25) is 20.1 Å². The standard InChI is InChI=1S/C33H33Cl4N3O4/c1-20(41)40-18-23-15-25(32(30(19-40)39-23)33(42)38-12-4-6-22-5-2-3-7-26(22)34)21-8-10-24(11-9-21)43-13-14-44-31-17-28(36)27(35)16-29(31)37/h2-3,5,7-11,16-17,23,30,39H,4,6,12-15,18-19H2,1H3,(H,38,42)/t23-,30-/m1/s1. The van der Waals surface area contributed by atoms with Crippen LogP contribution < -0.4 is 20.1 Å². The molecule has 2 N–H and O–H groups in total. The number of piperazine rings is 1. The maximum Gasteiger partial charge on any atom is 0.249 e. The van der Waals surface area contributed by atoms with Crippen LogP contribution in [0.4, 0.5) is 0 Å².